The standard InChI is InChI=1S/C27H38O4/c1-15(2)12-19-14-27(7)22-9-8-16(3)21(26(22,6)11-10-23(27)31-19)13-20-24(28)17(4)18(5)30-25(20)29/h12,19,21-23,28H,3,8-11,13-14H2,1-2,4-7H3/t19?,21?,22-,23+,26-,27+/m1/s1. The van der Waals surface area contributed by atoms with Gasteiger partial charge in [0.05, 0.1) is 17.8 Å². The van der Waals surface area contributed by atoms with Crippen molar-refractivity contribution >= 4 is 0 Å². The van der Waals surface area contributed by atoms with Crippen LogP contribution in [0.2, 0.25) is 0 Å². The number of rotatable bonds is 3. The summed E-state index contributed by atoms with van der Waals surface area (Å²) < 4.78 is 12.0. The average Bonchev–Trinajstić information content (AvgIpc) is 2.99. The third-order valence-electron chi connectivity index (χ3n) is 8.88. The molecule has 3 fully saturated rings. The number of aryl methyl sites for hydroxylation is 1. The zero-order valence-electron chi connectivity index (χ0n) is 20.0. The van der Waals surface area contributed by atoms with E-state index in [1.54, 1.807) is 6.92 Å². The highest BCUT2D eigenvalue weighted by Crippen LogP contribution is 2.65. The van der Waals surface area contributed by atoms with Gasteiger partial charge in [0.1, 0.15) is 11.5 Å². The summed E-state index contributed by atoms with van der Waals surface area (Å²) in [5.74, 6) is 1.24. The second kappa shape index (κ2) is 7.65. The molecule has 2 heterocycles. The molecule has 2 aliphatic carbocycles. The molecule has 6 atom stereocenters. The highest BCUT2D eigenvalue weighted by molar-refractivity contribution is 5.40. The van der Waals surface area contributed by atoms with Crippen LogP contribution in [0, 0.1) is 36.5 Å². The smallest absolute Gasteiger partial charge is 0.342 e. The zero-order valence-corrected chi connectivity index (χ0v) is 20.0. The van der Waals surface area contributed by atoms with Crippen LogP contribution >= 0.6 is 0 Å². The van der Waals surface area contributed by atoms with Crippen molar-refractivity contribution in [2.75, 3.05) is 0 Å². The number of hydrogen-bond acceptors (Lipinski definition) is 4. The molecule has 4 heteroatoms. The Balaban J connectivity index is 1.70. The van der Waals surface area contributed by atoms with E-state index < -0.39 is 5.63 Å². The van der Waals surface area contributed by atoms with Gasteiger partial charge in [0.15, 0.2) is 0 Å². The van der Waals surface area contributed by atoms with E-state index in [-0.39, 0.29) is 28.6 Å². The van der Waals surface area contributed by atoms with Crippen molar-refractivity contribution in [1.82, 2.24) is 0 Å². The quantitative estimate of drug-likeness (QED) is 0.601. The van der Waals surface area contributed by atoms with E-state index in [0.717, 1.165) is 32.1 Å². The van der Waals surface area contributed by atoms with E-state index in [1.165, 1.54) is 11.1 Å². The van der Waals surface area contributed by atoms with Gasteiger partial charge in [-0.2, -0.15) is 0 Å². The first-order chi connectivity index (χ1) is 14.5. The molecule has 1 aromatic heterocycles. The minimum atomic E-state index is -0.410. The molecular weight excluding hydrogens is 388 g/mol. The molecule has 0 radical (unpaired) electrons. The third kappa shape index (κ3) is 3.51. The second-order valence-electron chi connectivity index (χ2n) is 11.1. The van der Waals surface area contributed by atoms with E-state index in [2.05, 4.69) is 40.3 Å². The van der Waals surface area contributed by atoms with Gasteiger partial charge in [0.2, 0.25) is 0 Å². The highest BCUT2D eigenvalue weighted by atomic mass is 16.5. The largest absolute Gasteiger partial charge is 0.507 e. The fourth-order valence-electron chi connectivity index (χ4n) is 7.16. The van der Waals surface area contributed by atoms with Crippen LogP contribution in [0.1, 0.15) is 76.7 Å². The fraction of sp³-hybridized carbons (Fsp3) is 0.667. The van der Waals surface area contributed by atoms with Crippen molar-refractivity contribution < 1.29 is 14.3 Å². The topological polar surface area (TPSA) is 59.7 Å². The summed E-state index contributed by atoms with van der Waals surface area (Å²) in [5.41, 5.74) is 3.32. The number of allylic oxidation sites excluding steroid dienone is 2. The van der Waals surface area contributed by atoms with E-state index in [0.29, 0.717) is 35.3 Å². The summed E-state index contributed by atoms with van der Waals surface area (Å²) in [5, 5.41) is 10.8. The predicted molar refractivity (Wildman–Crippen MR) is 123 cm³/mol. The maximum Gasteiger partial charge on any atom is 0.342 e. The number of fused-ring (bicyclic) bond motifs is 3. The Morgan fingerprint density at radius 1 is 1.23 bits per heavy atom. The van der Waals surface area contributed by atoms with Gasteiger partial charge >= 0.3 is 5.63 Å². The van der Waals surface area contributed by atoms with Crippen LogP contribution in [0.3, 0.4) is 0 Å². The van der Waals surface area contributed by atoms with Gasteiger partial charge in [0, 0.05) is 5.56 Å². The van der Waals surface area contributed by atoms with Crippen LogP contribution in [-0.2, 0) is 11.2 Å². The summed E-state index contributed by atoms with van der Waals surface area (Å²) in [7, 11) is 0. The minimum absolute atomic E-state index is 0.0292. The van der Waals surface area contributed by atoms with Crippen LogP contribution < -0.4 is 5.63 Å². The van der Waals surface area contributed by atoms with Crippen LogP contribution in [-0.4, -0.2) is 17.3 Å². The SMILES string of the molecule is C=C1CC[C@H]2[C@]3(C)CC(C=C(C)C)O[C@H]3CC[C@]2(C)C1Cc1c(O)c(C)c(C)oc1=O. The molecule has 1 saturated heterocycles. The van der Waals surface area contributed by atoms with Crippen molar-refractivity contribution in [2.24, 2.45) is 22.7 Å². The number of hydrogen-bond donors (Lipinski definition) is 1. The molecule has 170 valence electrons. The first-order valence-electron chi connectivity index (χ1n) is 11.8. The molecular formula is C27H38O4. The summed E-state index contributed by atoms with van der Waals surface area (Å²) in [6.45, 7) is 17.1. The van der Waals surface area contributed by atoms with Gasteiger partial charge in [-0.05, 0) is 88.9 Å². The van der Waals surface area contributed by atoms with E-state index >= 15 is 0 Å². The molecule has 2 saturated carbocycles. The maximum atomic E-state index is 12.7. The predicted octanol–water partition coefficient (Wildman–Crippen LogP) is 6.02. The Morgan fingerprint density at radius 2 is 1.94 bits per heavy atom. The Morgan fingerprint density at radius 3 is 2.61 bits per heavy atom. The lowest BCUT2D eigenvalue weighted by atomic mass is 9.45. The molecule has 0 spiro atoms. The molecule has 0 bridgehead atoms. The second-order valence-corrected chi connectivity index (χ2v) is 11.1. The van der Waals surface area contributed by atoms with Crippen LogP contribution in [0.4, 0.5) is 0 Å². The monoisotopic (exact) mass is 426 g/mol. The van der Waals surface area contributed by atoms with Crippen LogP contribution in [0.25, 0.3) is 0 Å². The lowest BCUT2D eigenvalue weighted by molar-refractivity contribution is -0.110. The molecule has 0 aromatic carbocycles. The summed E-state index contributed by atoms with van der Waals surface area (Å²) in [4.78, 5) is 12.7. The van der Waals surface area contributed by atoms with E-state index in [9.17, 15) is 9.90 Å². The highest BCUT2D eigenvalue weighted by Gasteiger charge is 2.61. The molecule has 2 unspecified atom stereocenters. The number of ether oxygens (including phenoxy) is 1. The summed E-state index contributed by atoms with van der Waals surface area (Å²) in [6, 6.07) is 0. The molecule has 1 N–H and O–H groups in total. The average molecular weight is 427 g/mol. The Bertz CT molecular complexity index is 982. The van der Waals surface area contributed by atoms with Gasteiger partial charge < -0.3 is 14.3 Å². The van der Waals surface area contributed by atoms with Gasteiger partial charge in [-0.1, -0.05) is 37.6 Å². The van der Waals surface area contributed by atoms with Gasteiger partial charge in [-0.25, -0.2) is 4.79 Å². The molecule has 0 amide bonds. The summed E-state index contributed by atoms with van der Waals surface area (Å²) in [6.07, 6.45) is 8.50. The zero-order chi connectivity index (χ0) is 22.7. The van der Waals surface area contributed by atoms with Crippen molar-refractivity contribution in [1.29, 1.82) is 0 Å². The molecule has 31 heavy (non-hydrogen) atoms. The van der Waals surface area contributed by atoms with Gasteiger partial charge in [-0.15, -0.1) is 0 Å². The van der Waals surface area contributed by atoms with Crippen molar-refractivity contribution in [2.45, 2.75) is 92.3 Å². The van der Waals surface area contributed by atoms with Gasteiger partial charge in [-0.3, -0.25) is 0 Å². The maximum absolute atomic E-state index is 12.7. The lowest BCUT2D eigenvalue weighted by Gasteiger charge is -2.59. The Kier molecular flexibility index (Phi) is 5.53. The third-order valence-corrected chi connectivity index (χ3v) is 8.88. The van der Waals surface area contributed by atoms with Crippen molar-refractivity contribution in [3.05, 3.63) is 51.1 Å². The molecule has 3 aliphatic rings. The first-order valence-corrected chi connectivity index (χ1v) is 11.8. The normalized spacial score (nSPS) is 37.3. The fourth-order valence-corrected chi connectivity index (χ4v) is 7.16. The first kappa shape index (κ1) is 22.4. The molecule has 1 aliphatic heterocycles. The Hall–Kier alpha value is -1.81. The molecule has 4 rings (SSSR count). The van der Waals surface area contributed by atoms with Crippen LogP contribution in [0.15, 0.2) is 33.0 Å². The molecule has 1 aromatic rings. The van der Waals surface area contributed by atoms with Crippen molar-refractivity contribution in [3.8, 4) is 5.75 Å². The minimum Gasteiger partial charge on any atom is -0.507 e. The van der Waals surface area contributed by atoms with Gasteiger partial charge in [0.25, 0.3) is 0 Å². The van der Waals surface area contributed by atoms with E-state index in [4.69, 9.17) is 9.15 Å². The van der Waals surface area contributed by atoms with Crippen LogP contribution in [0.5, 0.6) is 5.75 Å². The van der Waals surface area contributed by atoms with Crippen molar-refractivity contribution in [3.63, 3.8) is 0 Å². The summed E-state index contributed by atoms with van der Waals surface area (Å²) >= 11 is 0. The van der Waals surface area contributed by atoms with E-state index in [1.807, 2.05) is 6.92 Å². The Labute approximate surface area is 186 Å². The lowest BCUT2D eigenvalue weighted by Crippen LogP contribution is -2.54. The number of aromatic hydroxyl groups is 1. The molecule has 4 nitrogen and oxygen atoms in total.